The molecule has 0 aliphatic carbocycles. The zero-order chi connectivity index (χ0) is 11.8. The first-order chi connectivity index (χ1) is 7.72. The highest BCUT2D eigenvalue weighted by Gasteiger charge is 2.07. The van der Waals surface area contributed by atoms with Gasteiger partial charge in [0, 0.05) is 19.4 Å². The van der Waals surface area contributed by atoms with Crippen LogP contribution in [0.3, 0.4) is 0 Å². The summed E-state index contributed by atoms with van der Waals surface area (Å²) in [6.45, 7) is -0.367. The Morgan fingerprint density at radius 3 is 2.88 bits per heavy atom. The van der Waals surface area contributed by atoms with Crippen molar-refractivity contribution < 1.29 is 23.1 Å². The molecular weight excluding hydrogens is 222 g/mol. The summed E-state index contributed by atoms with van der Waals surface area (Å²) >= 11 is 0. The van der Waals surface area contributed by atoms with Gasteiger partial charge >= 0.3 is 0 Å². The maximum Gasteiger partial charge on any atom is 0.261 e. The van der Waals surface area contributed by atoms with Crippen LogP contribution in [-0.4, -0.2) is 41.5 Å². The van der Waals surface area contributed by atoms with Crippen molar-refractivity contribution in [2.75, 3.05) is 19.8 Å². The molecule has 0 saturated heterocycles. The standard InChI is InChI=1S/C9H14F2N2O3/c10-7(11)6-15-5-3-8-12-9(16-13-8)2-1-4-14/h7,14H,1-6H2. The van der Waals surface area contributed by atoms with E-state index >= 15 is 0 Å². The van der Waals surface area contributed by atoms with Crippen LogP contribution in [0, 0.1) is 0 Å². The third kappa shape index (κ3) is 5.13. The van der Waals surface area contributed by atoms with Gasteiger partial charge in [0.25, 0.3) is 6.43 Å². The average molecular weight is 236 g/mol. The summed E-state index contributed by atoms with van der Waals surface area (Å²) in [4.78, 5) is 4.01. The molecule has 16 heavy (non-hydrogen) atoms. The van der Waals surface area contributed by atoms with E-state index in [9.17, 15) is 8.78 Å². The van der Waals surface area contributed by atoms with Crippen LogP contribution in [-0.2, 0) is 17.6 Å². The van der Waals surface area contributed by atoms with E-state index in [4.69, 9.17) is 9.63 Å². The molecule has 5 nitrogen and oxygen atoms in total. The molecule has 0 aliphatic rings. The fourth-order valence-electron chi connectivity index (χ4n) is 1.06. The lowest BCUT2D eigenvalue weighted by Gasteiger charge is -1.99. The highest BCUT2D eigenvalue weighted by atomic mass is 19.3. The first-order valence-corrected chi connectivity index (χ1v) is 5.00. The van der Waals surface area contributed by atoms with Crippen molar-refractivity contribution in [1.29, 1.82) is 0 Å². The van der Waals surface area contributed by atoms with Crippen LogP contribution in [0.15, 0.2) is 4.52 Å². The number of rotatable bonds is 8. The molecule has 1 heterocycles. The van der Waals surface area contributed by atoms with Crippen molar-refractivity contribution in [2.24, 2.45) is 0 Å². The van der Waals surface area contributed by atoms with E-state index in [1.165, 1.54) is 0 Å². The van der Waals surface area contributed by atoms with Gasteiger partial charge in [-0.1, -0.05) is 5.16 Å². The Balaban J connectivity index is 2.19. The molecule has 0 radical (unpaired) electrons. The molecule has 0 aromatic carbocycles. The number of aryl methyl sites for hydroxylation is 1. The maximum atomic E-state index is 11.7. The monoisotopic (exact) mass is 236 g/mol. The number of halogens is 2. The fourth-order valence-corrected chi connectivity index (χ4v) is 1.06. The van der Waals surface area contributed by atoms with Crippen LogP contribution in [0.4, 0.5) is 8.78 Å². The minimum Gasteiger partial charge on any atom is -0.396 e. The van der Waals surface area contributed by atoms with Crippen molar-refractivity contribution in [3.63, 3.8) is 0 Å². The van der Waals surface area contributed by atoms with Crippen LogP contribution in [0.5, 0.6) is 0 Å². The lowest BCUT2D eigenvalue weighted by molar-refractivity contribution is 0.0182. The van der Waals surface area contributed by atoms with Crippen LogP contribution in [0.25, 0.3) is 0 Å². The number of aromatic nitrogens is 2. The Bertz CT molecular complexity index is 294. The molecule has 1 N–H and O–H groups in total. The summed E-state index contributed by atoms with van der Waals surface area (Å²) in [6, 6.07) is 0. The lowest BCUT2D eigenvalue weighted by atomic mass is 10.3. The average Bonchev–Trinajstić information content (AvgIpc) is 2.69. The number of hydrogen-bond donors (Lipinski definition) is 1. The van der Waals surface area contributed by atoms with E-state index in [0.29, 0.717) is 31.0 Å². The molecule has 0 saturated carbocycles. The van der Waals surface area contributed by atoms with Crippen molar-refractivity contribution in [2.45, 2.75) is 25.7 Å². The van der Waals surface area contributed by atoms with Crippen LogP contribution < -0.4 is 0 Å². The summed E-state index contributed by atoms with van der Waals surface area (Å²) < 4.78 is 33.0. The first kappa shape index (κ1) is 13.0. The zero-order valence-electron chi connectivity index (χ0n) is 8.73. The molecule has 0 atom stereocenters. The number of aliphatic hydroxyl groups excluding tert-OH is 1. The molecule has 0 aliphatic heterocycles. The minimum absolute atomic E-state index is 0.0647. The van der Waals surface area contributed by atoms with E-state index in [-0.39, 0.29) is 13.2 Å². The normalized spacial score (nSPS) is 11.2. The van der Waals surface area contributed by atoms with Gasteiger partial charge in [0.15, 0.2) is 5.82 Å². The topological polar surface area (TPSA) is 68.4 Å². The molecule has 0 fully saturated rings. The highest BCUT2D eigenvalue weighted by Crippen LogP contribution is 2.02. The maximum absolute atomic E-state index is 11.7. The molecular formula is C9H14F2N2O3. The summed E-state index contributed by atoms with van der Waals surface area (Å²) in [6.07, 6.45) is -1.04. The van der Waals surface area contributed by atoms with Gasteiger partial charge in [0.1, 0.15) is 6.61 Å². The second kappa shape index (κ2) is 7.24. The van der Waals surface area contributed by atoms with E-state index in [1.807, 2.05) is 0 Å². The third-order valence-electron chi connectivity index (χ3n) is 1.77. The molecule has 0 amide bonds. The Hall–Kier alpha value is -1.08. The van der Waals surface area contributed by atoms with Crippen molar-refractivity contribution in [3.8, 4) is 0 Å². The van der Waals surface area contributed by atoms with E-state index in [1.54, 1.807) is 0 Å². The second-order valence-electron chi connectivity index (χ2n) is 3.15. The van der Waals surface area contributed by atoms with Gasteiger partial charge in [0.2, 0.25) is 5.89 Å². The van der Waals surface area contributed by atoms with Gasteiger partial charge in [-0.05, 0) is 6.42 Å². The summed E-state index contributed by atoms with van der Waals surface area (Å²) in [7, 11) is 0. The molecule has 7 heteroatoms. The van der Waals surface area contributed by atoms with Gasteiger partial charge in [-0.2, -0.15) is 4.98 Å². The molecule has 0 spiro atoms. The molecule has 92 valence electrons. The van der Waals surface area contributed by atoms with Gasteiger partial charge in [-0.3, -0.25) is 0 Å². The van der Waals surface area contributed by atoms with Gasteiger partial charge < -0.3 is 14.4 Å². The number of aliphatic hydroxyl groups is 1. The molecule has 1 aromatic heterocycles. The Labute approximate surface area is 91.4 Å². The van der Waals surface area contributed by atoms with Gasteiger partial charge in [-0.25, -0.2) is 8.78 Å². The van der Waals surface area contributed by atoms with Gasteiger partial charge in [0.05, 0.1) is 6.61 Å². The highest BCUT2D eigenvalue weighted by molar-refractivity contribution is 4.86. The molecule has 1 aromatic rings. The van der Waals surface area contributed by atoms with Crippen LogP contribution in [0.2, 0.25) is 0 Å². The quantitative estimate of drug-likeness (QED) is 0.677. The summed E-state index contributed by atoms with van der Waals surface area (Å²) in [5, 5.41) is 12.2. The Kier molecular flexibility index (Phi) is 5.87. The molecule has 1 rings (SSSR count). The number of nitrogens with zero attached hydrogens (tertiary/aromatic N) is 2. The third-order valence-corrected chi connectivity index (χ3v) is 1.77. The van der Waals surface area contributed by atoms with Crippen molar-refractivity contribution in [3.05, 3.63) is 11.7 Å². The molecule has 0 bridgehead atoms. The largest absolute Gasteiger partial charge is 0.396 e. The smallest absolute Gasteiger partial charge is 0.261 e. The predicted octanol–water partition coefficient (Wildman–Crippen LogP) is 0.819. The van der Waals surface area contributed by atoms with E-state index in [0.717, 1.165) is 0 Å². The summed E-state index contributed by atoms with van der Waals surface area (Å²) in [5.41, 5.74) is 0. The lowest BCUT2D eigenvalue weighted by Crippen LogP contribution is -2.07. The fraction of sp³-hybridized carbons (Fsp3) is 0.778. The minimum atomic E-state index is -2.45. The number of alkyl halides is 2. The summed E-state index contributed by atoms with van der Waals surface area (Å²) in [5.74, 6) is 0.875. The molecule has 0 unspecified atom stereocenters. The SMILES string of the molecule is OCCCc1nc(CCOCC(F)F)no1. The number of hydrogen-bond acceptors (Lipinski definition) is 5. The van der Waals surface area contributed by atoms with Crippen molar-refractivity contribution >= 4 is 0 Å². The predicted molar refractivity (Wildman–Crippen MR) is 50.2 cm³/mol. The Morgan fingerprint density at radius 2 is 2.19 bits per heavy atom. The zero-order valence-corrected chi connectivity index (χ0v) is 8.73. The van der Waals surface area contributed by atoms with E-state index < -0.39 is 13.0 Å². The number of ether oxygens (including phenoxy) is 1. The first-order valence-electron chi connectivity index (χ1n) is 5.00. The van der Waals surface area contributed by atoms with Gasteiger partial charge in [-0.15, -0.1) is 0 Å². The van der Waals surface area contributed by atoms with E-state index in [2.05, 4.69) is 14.9 Å². The van der Waals surface area contributed by atoms with Crippen LogP contribution in [0.1, 0.15) is 18.1 Å². The Morgan fingerprint density at radius 1 is 1.38 bits per heavy atom. The van der Waals surface area contributed by atoms with Crippen LogP contribution >= 0.6 is 0 Å². The second-order valence-corrected chi connectivity index (χ2v) is 3.15. The van der Waals surface area contributed by atoms with Crippen molar-refractivity contribution in [1.82, 2.24) is 10.1 Å².